The average Bonchev–Trinajstić information content (AvgIpc) is 1.17. The van der Waals surface area contributed by atoms with Gasteiger partial charge in [0.2, 0.25) is 0 Å². The summed E-state index contributed by atoms with van der Waals surface area (Å²) < 4.78 is 106. The van der Waals surface area contributed by atoms with E-state index in [1.165, 1.54) is 107 Å². The van der Waals surface area contributed by atoms with Crippen LogP contribution in [0.2, 0.25) is 37.4 Å². The number of hydrogen-bond donors (Lipinski definition) is 4. The number of piperidine rings is 1. The van der Waals surface area contributed by atoms with Crippen LogP contribution in [0.3, 0.4) is 0 Å². The average molecular weight is 2310 g/mol. The first-order valence-corrected chi connectivity index (χ1v) is 59.9. The van der Waals surface area contributed by atoms with Crippen molar-refractivity contribution >= 4 is 267 Å². The molecule has 8 aromatic carbocycles. The molecule has 9 heterocycles. The van der Waals surface area contributed by atoms with E-state index in [0.29, 0.717) is 102 Å². The number of carbonyl (C=O) groups excluding carboxylic acids is 5. The molecule has 0 radical (unpaired) electrons. The monoisotopic (exact) mass is 2300 g/mol. The largest absolute Gasteiger partial charge is 0.385 e. The Morgan fingerprint density at radius 2 is 0.709 bits per heavy atom. The van der Waals surface area contributed by atoms with Gasteiger partial charge in [-0.25, -0.2) is 33.7 Å². The maximum atomic E-state index is 13.4. The number of anilines is 5. The fourth-order valence-electron chi connectivity index (χ4n) is 16.8. The molecule has 2 aliphatic heterocycles. The number of amides is 1. The van der Waals surface area contributed by atoms with Crippen LogP contribution in [0.25, 0.3) is 49.4 Å². The highest BCUT2D eigenvalue weighted by Crippen LogP contribution is 2.38. The summed E-state index contributed by atoms with van der Waals surface area (Å²) in [5.74, 6) is -3.69. The molecule has 7 aromatic heterocycles. The highest BCUT2D eigenvalue weighted by atomic mass is 35.5. The molecular formula is C106H100Cl8N10O16S8. The van der Waals surface area contributed by atoms with E-state index in [0.717, 1.165) is 141 Å². The lowest BCUT2D eigenvalue weighted by molar-refractivity contribution is -0.116. The normalized spacial score (nSPS) is 13.4. The molecule has 2 fully saturated rings. The Morgan fingerprint density at radius 1 is 0.372 bits per heavy atom. The Kier molecular flexibility index (Phi) is 37.6. The predicted molar refractivity (Wildman–Crippen MR) is 603 cm³/mol. The molecule has 26 nitrogen and oxygen atoms in total. The van der Waals surface area contributed by atoms with Crippen molar-refractivity contribution in [2.75, 3.05) is 122 Å². The van der Waals surface area contributed by atoms with Gasteiger partial charge < -0.3 is 36.0 Å². The summed E-state index contributed by atoms with van der Waals surface area (Å²) in [4.78, 5) is 109. The molecule has 3 aliphatic rings. The number of halogens is 8. The van der Waals surface area contributed by atoms with E-state index in [2.05, 4.69) is 44.1 Å². The molecule has 42 heteroatoms. The van der Waals surface area contributed by atoms with Crippen molar-refractivity contribution in [3.8, 4) is 17.1 Å². The second kappa shape index (κ2) is 49.8. The number of fused-ring (bicyclic) bond motifs is 4. The van der Waals surface area contributed by atoms with Crippen LogP contribution in [0.1, 0.15) is 83.6 Å². The minimum atomic E-state index is -3.76. The van der Waals surface area contributed by atoms with Gasteiger partial charge in [-0.15, -0.1) is 45.3 Å². The molecule has 15 aromatic rings. The number of carbonyl (C=O) groups is 5. The molecule has 148 heavy (non-hydrogen) atoms. The van der Waals surface area contributed by atoms with E-state index in [1.54, 1.807) is 108 Å². The molecule has 0 bridgehead atoms. The van der Waals surface area contributed by atoms with Crippen LogP contribution in [0.15, 0.2) is 262 Å². The Hall–Kier alpha value is -10.4. The van der Waals surface area contributed by atoms with Crippen molar-refractivity contribution < 1.29 is 57.6 Å². The number of Topliss-reactive ketones (excluding diaryl/α,β-unsaturated/α-hetero) is 4. The summed E-state index contributed by atoms with van der Waals surface area (Å²) in [6, 6.07) is 59.7. The van der Waals surface area contributed by atoms with Crippen LogP contribution in [0.4, 0.5) is 28.4 Å². The number of likely N-dealkylation sites (tertiary alicyclic amines) is 1. The van der Waals surface area contributed by atoms with Gasteiger partial charge >= 0.3 is 0 Å². The zero-order valence-corrected chi connectivity index (χ0v) is 92.6. The first kappa shape index (κ1) is 112. The van der Waals surface area contributed by atoms with Crippen molar-refractivity contribution in [1.29, 1.82) is 0 Å². The number of rotatable bonds is 38. The maximum Gasteiger partial charge on any atom is 0.262 e. The Bertz CT molecular complexity index is 8270. The van der Waals surface area contributed by atoms with Gasteiger partial charge in [-0.05, 0) is 304 Å². The third-order valence-corrected chi connectivity index (χ3v) is 39.6. The number of nitrogens with one attached hydrogen (secondary N) is 4. The lowest BCUT2D eigenvalue weighted by atomic mass is 9.97. The lowest BCUT2D eigenvalue weighted by Gasteiger charge is -2.30. The van der Waals surface area contributed by atoms with Gasteiger partial charge in [-0.3, -0.25) is 52.1 Å². The van der Waals surface area contributed by atoms with Crippen molar-refractivity contribution in [3.63, 3.8) is 0 Å². The van der Waals surface area contributed by atoms with Crippen LogP contribution in [0.5, 0.6) is 0 Å². The molecule has 4 N–H and O–H groups in total. The summed E-state index contributed by atoms with van der Waals surface area (Å²) >= 11 is 53.0. The van der Waals surface area contributed by atoms with Crippen LogP contribution >= 0.6 is 138 Å². The van der Waals surface area contributed by atoms with E-state index in [1.807, 2.05) is 86.9 Å². The number of aromatic nitrogens is 3. The second-order valence-corrected chi connectivity index (χ2v) is 53.4. The number of hydrogen-bond acceptors (Lipinski definition) is 26. The third kappa shape index (κ3) is 29.3. The zero-order valence-electron chi connectivity index (χ0n) is 80.0. The van der Waals surface area contributed by atoms with Gasteiger partial charge in [0, 0.05) is 135 Å². The lowest BCUT2D eigenvalue weighted by Crippen LogP contribution is -2.38. The quantitative estimate of drug-likeness (QED) is 0.0279. The highest BCUT2D eigenvalue weighted by Gasteiger charge is 2.32. The first-order valence-electron chi connectivity index (χ1n) is 47.0. The summed E-state index contributed by atoms with van der Waals surface area (Å²) in [5.41, 5.74) is 9.19. The first-order chi connectivity index (χ1) is 70.6. The van der Waals surface area contributed by atoms with E-state index in [4.69, 9.17) is 92.8 Å². The summed E-state index contributed by atoms with van der Waals surface area (Å²) in [5, 5.41) is 18.9. The topological polar surface area (TPSA) is 346 Å². The van der Waals surface area contributed by atoms with E-state index in [9.17, 15) is 72.0 Å². The Labute approximate surface area is 912 Å². The van der Waals surface area contributed by atoms with Crippen LogP contribution in [-0.4, -0.2) is 182 Å². The third-order valence-electron chi connectivity index (χ3n) is 24.4. The molecule has 1 aliphatic carbocycles. The molecular weight excluding hydrogens is 2210 g/mol. The van der Waals surface area contributed by atoms with E-state index in [-0.39, 0.29) is 80.2 Å². The minimum absolute atomic E-state index is 0.0615. The number of likely N-dealkylation sites (N-methyl/N-ethyl adjacent to an activating group) is 1. The molecule has 1 saturated heterocycles. The van der Waals surface area contributed by atoms with Gasteiger partial charge in [0.15, 0.2) is 62.5 Å². The van der Waals surface area contributed by atoms with E-state index >= 15 is 0 Å². The van der Waals surface area contributed by atoms with Crippen molar-refractivity contribution in [1.82, 2.24) is 23.5 Å². The number of benzene rings is 8. The zero-order chi connectivity index (χ0) is 106. The SMILES string of the molecule is CCCNc1ccc2c(=O)n(-c3ccc(CC(=O)CS(=O)(=O)c4ccc(Cl)s4)cc3Cl)ccc2c1.CN(C)CCNc1ccc2c(=O)n(-c3ccc(CC(=O)CS(=O)(=O)c4ccc(Cl)s4)cc3Cl)ccc2c1.O=C(Cc1ccc(-n2ccc3cc(NCC4CC4)ccc3c2=O)c(Cl)c1)CS(=O)(=O)c1ccc(Cl)s1.O=C(Cc1ccc(N2CCc3cc(NCCN4CCCCC4)ccc3C2=O)c(Cl)c1)CS(=O)(=O)c1ccc(Cl)s1. The maximum absolute atomic E-state index is 13.4. The fourth-order valence-corrected chi connectivity index (χ4v) is 29.3. The smallest absolute Gasteiger partial charge is 0.262 e. The predicted octanol–water partition coefficient (Wildman–Crippen LogP) is 22.2. The van der Waals surface area contributed by atoms with Crippen LogP contribution in [-0.2, 0) is 90.6 Å². The van der Waals surface area contributed by atoms with Gasteiger partial charge in [0.1, 0.15) is 39.8 Å². The Balaban J connectivity index is 0.000000148. The van der Waals surface area contributed by atoms with Gasteiger partial charge in [0.05, 0.1) is 60.2 Å². The second-order valence-electron chi connectivity index (χ2n) is 36.0. The van der Waals surface area contributed by atoms with Crippen molar-refractivity contribution in [2.45, 2.75) is 94.4 Å². The number of pyridine rings is 3. The number of sulfone groups is 4. The minimum Gasteiger partial charge on any atom is -0.385 e. The Morgan fingerprint density at radius 3 is 1.05 bits per heavy atom. The summed E-state index contributed by atoms with van der Waals surface area (Å²) in [6.45, 7) is 10.3. The number of nitrogens with zero attached hydrogens (tertiary/aromatic N) is 6. The van der Waals surface area contributed by atoms with Gasteiger partial charge in [-0.1, -0.05) is 130 Å². The van der Waals surface area contributed by atoms with Crippen molar-refractivity contribution in [3.05, 3.63) is 333 Å². The van der Waals surface area contributed by atoms with Gasteiger partial charge in [0.25, 0.3) is 22.6 Å². The van der Waals surface area contributed by atoms with Crippen LogP contribution < -0.4 is 42.8 Å². The van der Waals surface area contributed by atoms with Gasteiger partial charge in [-0.2, -0.15) is 0 Å². The molecule has 0 unspecified atom stereocenters. The van der Waals surface area contributed by atoms with Crippen molar-refractivity contribution in [2.24, 2.45) is 5.92 Å². The fraction of sp³-hybridized carbons (Fsp3) is 0.264. The number of thiophene rings is 4. The summed E-state index contributed by atoms with van der Waals surface area (Å²) in [7, 11) is -11.0. The van der Waals surface area contributed by atoms with E-state index < -0.39 is 85.5 Å². The van der Waals surface area contributed by atoms with Crippen LogP contribution in [0, 0.1) is 5.92 Å². The molecule has 0 spiro atoms. The summed E-state index contributed by atoms with van der Waals surface area (Å²) in [6.07, 6.45) is 12.7. The molecule has 1 amide bonds. The standard InChI is InChI=1S/C29H31Cl2N3O4S2.C26H25Cl2N3O4S2.C26H22Cl2N2O4S2.C25H22Cl2N2O4S2/c30-25-17-20(16-23(35)19-40(37,38)28-9-8-27(31)39-28)4-7-26(25)34-14-10-21-18-22(5-6-24(21)29(34)36)32-11-15-33-12-2-1-3-13-33;1-30(2)12-10-29-19-4-5-21-18(15-19)9-11-31(26(21)33)23-6-3-17(14-22(23)27)13-20(32)16-37(34,35)25-8-7-24(28)36-25;27-22-12-17(11-20(31)15-36(33,34)25-8-7-24(28)35-25)3-6-23(22)30-10-9-18-13-19(29-14-16-1-2-16)4-5-21(18)26(30)32;1-2-10-28-18-4-5-20-17(14-18)9-11-29(25(20)31)22-6-3-16(13-21(22)26)12-19(30)15-35(32,33)24-8-7-23(27)34-24/h4-9,17-18,32H,1-3,10-16,19H2;3-9,11,14-15,29H,10,12-13,16H2,1-2H3;3-10,12-13,16,29H,1-2,11,14-15H2;3-9,11,13-14,28H,2,10,12,15H2,1H3. The molecule has 1 saturated carbocycles. The molecule has 18 rings (SSSR count). The highest BCUT2D eigenvalue weighted by molar-refractivity contribution is 7.95. The number of ketones is 4. The molecule has 774 valence electrons. The molecule has 0 atom stereocenters.